The minimum absolute atomic E-state index is 0.0163. The summed E-state index contributed by atoms with van der Waals surface area (Å²) in [6, 6.07) is 11.6. The van der Waals surface area contributed by atoms with Crippen molar-refractivity contribution in [1.82, 2.24) is 20.5 Å². The van der Waals surface area contributed by atoms with Gasteiger partial charge in [-0.05, 0) is 17.5 Å². The van der Waals surface area contributed by atoms with E-state index in [0.29, 0.717) is 5.82 Å². The molecule has 1 aromatic heterocycles. The molecule has 1 heterocycles. The van der Waals surface area contributed by atoms with E-state index in [1.54, 1.807) is 12.3 Å². The number of ether oxygens (including phenoxy) is 1. The molecule has 2 aromatic carbocycles. The van der Waals surface area contributed by atoms with Crippen molar-refractivity contribution < 1.29 is 27.5 Å². The third-order valence-electron chi connectivity index (χ3n) is 5.25. The number of nitrogens with zero attached hydrogens (tertiary/aromatic N) is 2. The molecule has 0 saturated carbocycles. The molecule has 0 spiro atoms. The fourth-order valence-corrected chi connectivity index (χ4v) is 3.25. The Labute approximate surface area is 200 Å². The highest BCUT2D eigenvalue weighted by molar-refractivity contribution is 5.89. The van der Waals surface area contributed by atoms with Crippen molar-refractivity contribution in [3.05, 3.63) is 71.9 Å². The van der Waals surface area contributed by atoms with E-state index in [2.05, 4.69) is 20.9 Å². The third-order valence-corrected chi connectivity index (χ3v) is 5.25. The van der Waals surface area contributed by atoms with Gasteiger partial charge in [0, 0.05) is 43.8 Å². The van der Waals surface area contributed by atoms with Gasteiger partial charge in [-0.1, -0.05) is 36.4 Å². The van der Waals surface area contributed by atoms with Gasteiger partial charge in [0.2, 0.25) is 0 Å². The highest BCUT2D eigenvalue weighted by Crippen LogP contribution is 2.16. The monoisotopic (exact) mass is 489 g/mol. The number of amides is 3. The quantitative estimate of drug-likeness (QED) is 0.376. The normalized spacial score (nSPS) is 11.7. The van der Waals surface area contributed by atoms with Crippen LogP contribution in [-0.2, 0) is 11.3 Å². The molecule has 35 heavy (non-hydrogen) atoms. The van der Waals surface area contributed by atoms with Gasteiger partial charge < -0.3 is 20.3 Å². The average molecular weight is 489 g/mol. The van der Waals surface area contributed by atoms with Crippen molar-refractivity contribution in [1.29, 1.82) is 0 Å². The zero-order valence-corrected chi connectivity index (χ0v) is 19.1. The number of likely N-dealkylation sites (N-methyl/N-ethyl adjacent to an activating group) is 1. The molecular formula is C24H26F3N5O3. The number of hydrogen-bond acceptors (Lipinski definition) is 5. The van der Waals surface area contributed by atoms with Crippen LogP contribution in [0, 0.1) is 11.6 Å². The maximum Gasteiger partial charge on any atom is 0.412 e. The summed E-state index contributed by atoms with van der Waals surface area (Å²) < 4.78 is 45.0. The largest absolute Gasteiger partial charge is 0.447 e. The second-order valence-corrected chi connectivity index (χ2v) is 7.67. The molecular weight excluding hydrogens is 463 g/mol. The molecule has 0 saturated heterocycles. The van der Waals surface area contributed by atoms with Crippen LogP contribution in [0.1, 0.15) is 5.56 Å². The molecule has 1 atom stereocenters. The number of carbonyl (C=O) groups excluding carboxylic acids is 2. The highest BCUT2D eigenvalue weighted by Gasteiger charge is 2.22. The summed E-state index contributed by atoms with van der Waals surface area (Å²) in [5, 5.41) is 9.65. The van der Waals surface area contributed by atoms with E-state index in [4.69, 9.17) is 4.74 Å². The van der Waals surface area contributed by atoms with E-state index < -0.39 is 36.5 Å². The number of nitrogens with one attached hydrogen (secondary N) is 3. The van der Waals surface area contributed by atoms with Crippen molar-refractivity contribution in [2.75, 3.05) is 38.7 Å². The Morgan fingerprint density at radius 3 is 2.66 bits per heavy atom. The zero-order valence-electron chi connectivity index (χ0n) is 19.1. The molecule has 8 nitrogen and oxygen atoms in total. The van der Waals surface area contributed by atoms with E-state index >= 15 is 0 Å². The lowest BCUT2D eigenvalue weighted by Gasteiger charge is -2.28. The molecule has 11 heteroatoms. The van der Waals surface area contributed by atoms with Crippen LogP contribution in [-0.4, -0.2) is 61.5 Å². The molecule has 0 aliphatic heterocycles. The predicted molar refractivity (Wildman–Crippen MR) is 126 cm³/mol. The summed E-state index contributed by atoms with van der Waals surface area (Å²) in [5.74, 6) is -1.76. The average Bonchev–Trinajstić information content (AvgIpc) is 2.86. The Kier molecular flexibility index (Phi) is 9.24. The van der Waals surface area contributed by atoms with Gasteiger partial charge in [-0.3, -0.25) is 5.32 Å². The van der Waals surface area contributed by atoms with Crippen molar-refractivity contribution in [2.24, 2.45) is 0 Å². The first-order valence-corrected chi connectivity index (χ1v) is 10.9. The zero-order chi connectivity index (χ0) is 25.2. The Balaban J connectivity index is 1.57. The van der Waals surface area contributed by atoms with Gasteiger partial charge >= 0.3 is 12.1 Å². The summed E-state index contributed by atoms with van der Waals surface area (Å²) in [6.07, 6.45) is 0.840. The van der Waals surface area contributed by atoms with Gasteiger partial charge in [0.1, 0.15) is 19.1 Å². The Morgan fingerprint density at radius 2 is 1.89 bits per heavy atom. The number of halogens is 3. The van der Waals surface area contributed by atoms with Crippen LogP contribution in [0.5, 0.6) is 0 Å². The molecule has 3 rings (SSSR count). The van der Waals surface area contributed by atoms with E-state index in [0.717, 1.165) is 16.8 Å². The number of benzene rings is 2. The minimum Gasteiger partial charge on any atom is -0.447 e. The first kappa shape index (κ1) is 25.8. The number of pyridine rings is 1. The number of aromatic nitrogens is 1. The van der Waals surface area contributed by atoms with E-state index in [1.807, 2.05) is 24.3 Å². The van der Waals surface area contributed by atoms with Crippen LogP contribution in [0.3, 0.4) is 0 Å². The number of fused-ring (bicyclic) bond motifs is 1. The van der Waals surface area contributed by atoms with Crippen LogP contribution in [0.2, 0.25) is 0 Å². The summed E-state index contributed by atoms with van der Waals surface area (Å²) in [7, 11) is 1.45. The molecule has 3 N–H and O–H groups in total. The predicted octanol–water partition coefficient (Wildman–Crippen LogP) is 3.83. The second kappa shape index (κ2) is 12.6. The lowest BCUT2D eigenvalue weighted by Crippen LogP contribution is -2.50. The molecule has 0 aliphatic rings. The Bertz CT molecular complexity index is 1160. The summed E-state index contributed by atoms with van der Waals surface area (Å²) >= 11 is 0. The molecule has 0 bridgehead atoms. The summed E-state index contributed by atoms with van der Waals surface area (Å²) in [5.41, 5.74) is -0.0163. The topological polar surface area (TPSA) is 95.6 Å². The molecule has 3 amide bonds. The lowest BCUT2D eigenvalue weighted by molar-refractivity contribution is 0.116. The minimum atomic E-state index is -1.04. The molecule has 3 aromatic rings. The van der Waals surface area contributed by atoms with Gasteiger partial charge in [0.15, 0.2) is 11.6 Å². The van der Waals surface area contributed by atoms with Crippen LogP contribution in [0.4, 0.5) is 28.6 Å². The maximum absolute atomic E-state index is 13.8. The number of urea groups is 1. The standard InChI is InChI=1S/C24H26F3N5O3/c1-32(23(33)30-13-18-7-4-8-20(26)22(18)27)19(14-28-10-9-25)15-35-24(34)31-21-11-16-5-2-3-6-17(16)12-29-21/h2-8,11-12,19,28H,9-10,13-15H2,1H3,(H,30,33)(H,29,31,34)/t19-/m0/s1. The number of carbonyl (C=O) groups is 2. The van der Waals surface area contributed by atoms with Crippen molar-refractivity contribution >= 4 is 28.7 Å². The van der Waals surface area contributed by atoms with E-state index in [-0.39, 0.29) is 31.8 Å². The molecule has 0 fully saturated rings. The lowest BCUT2D eigenvalue weighted by atomic mass is 10.2. The highest BCUT2D eigenvalue weighted by atomic mass is 19.2. The number of anilines is 1. The Hall–Kier alpha value is -3.86. The number of hydrogen-bond donors (Lipinski definition) is 3. The first-order chi connectivity index (χ1) is 16.9. The molecule has 0 unspecified atom stereocenters. The molecule has 0 radical (unpaired) electrons. The van der Waals surface area contributed by atoms with Crippen molar-refractivity contribution in [2.45, 2.75) is 12.6 Å². The Morgan fingerprint density at radius 1 is 1.11 bits per heavy atom. The fraction of sp³-hybridized carbons (Fsp3) is 0.292. The molecule has 0 aliphatic carbocycles. The molecule has 186 valence electrons. The van der Waals surface area contributed by atoms with Gasteiger partial charge in [-0.15, -0.1) is 0 Å². The van der Waals surface area contributed by atoms with E-state index in [1.165, 1.54) is 24.1 Å². The first-order valence-electron chi connectivity index (χ1n) is 10.9. The third kappa shape index (κ3) is 7.31. The van der Waals surface area contributed by atoms with Crippen LogP contribution >= 0.6 is 0 Å². The maximum atomic E-state index is 13.8. The fourth-order valence-electron chi connectivity index (χ4n) is 3.25. The van der Waals surface area contributed by atoms with Crippen LogP contribution < -0.4 is 16.0 Å². The smallest absolute Gasteiger partial charge is 0.412 e. The van der Waals surface area contributed by atoms with Crippen molar-refractivity contribution in [3.63, 3.8) is 0 Å². The number of rotatable bonds is 10. The summed E-state index contributed by atoms with van der Waals surface area (Å²) in [6.45, 7) is -0.892. The van der Waals surface area contributed by atoms with Crippen LogP contribution in [0.25, 0.3) is 10.8 Å². The van der Waals surface area contributed by atoms with Crippen molar-refractivity contribution in [3.8, 4) is 0 Å². The van der Waals surface area contributed by atoms with Gasteiger partial charge in [0.05, 0.1) is 6.04 Å². The second-order valence-electron chi connectivity index (χ2n) is 7.67. The van der Waals surface area contributed by atoms with Gasteiger partial charge in [-0.2, -0.15) is 0 Å². The van der Waals surface area contributed by atoms with E-state index in [9.17, 15) is 22.8 Å². The summed E-state index contributed by atoms with van der Waals surface area (Å²) in [4.78, 5) is 30.3. The SMILES string of the molecule is CN(C(=O)NCc1cccc(F)c1F)[C@@H](CNCCF)COC(=O)Nc1cc2ccccc2cn1. The number of alkyl halides is 1. The van der Waals surface area contributed by atoms with Gasteiger partial charge in [0.25, 0.3) is 0 Å². The van der Waals surface area contributed by atoms with Crippen LogP contribution in [0.15, 0.2) is 54.7 Å². The van der Waals surface area contributed by atoms with Gasteiger partial charge in [-0.25, -0.2) is 27.7 Å².